The van der Waals surface area contributed by atoms with E-state index in [0.29, 0.717) is 36.8 Å². The Morgan fingerprint density at radius 3 is 2.75 bits per heavy atom. The third kappa shape index (κ3) is 4.00. The van der Waals surface area contributed by atoms with Gasteiger partial charge in [-0.25, -0.2) is 9.97 Å². The number of rotatable bonds is 5. The number of hydrogen-bond donors (Lipinski definition) is 0. The van der Waals surface area contributed by atoms with E-state index in [2.05, 4.69) is 9.97 Å². The number of ether oxygens (including phenoxy) is 1. The Kier molecular flexibility index (Phi) is 5.24. The summed E-state index contributed by atoms with van der Waals surface area (Å²) in [6, 6.07) is 8.38. The van der Waals surface area contributed by atoms with Gasteiger partial charge in [-0.1, -0.05) is 23.9 Å². The van der Waals surface area contributed by atoms with Gasteiger partial charge in [-0.3, -0.25) is 4.79 Å². The first-order valence-electron chi connectivity index (χ1n) is 7.40. The third-order valence-corrected chi connectivity index (χ3v) is 4.37. The second kappa shape index (κ2) is 7.57. The number of benzene rings is 1. The van der Waals surface area contributed by atoms with Gasteiger partial charge in [0.15, 0.2) is 0 Å². The van der Waals surface area contributed by atoms with Crippen molar-refractivity contribution in [2.75, 3.05) is 13.1 Å². The Balaban J connectivity index is 1.66. The summed E-state index contributed by atoms with van der Waals surface area (Å²) < 4.78 is 30.9. The lowest BCUT2D eigenvalue weighted by molar-refractivity contribution is 0.0766. The summed E-state index contributed by atoms with van der Waals surface area (Å²) in [6.45, 7) is 0.884. The molecule has 24 heavy (non-hydrogen) atoms. The highest BCUT2D eigenvalue weighted by Crippen LogP contribution is 2.30. The van der Waals surface area contributed by atoms with Gasteiger partial charge in [0.2, 0.25) is 0 Å². The average molecular weight is 351 g/mol. The van der Waals surface area contributed by atoms with Crippen molar-refractivity contribution in [3.63, 3.8) is 0 Å². The maximum atomic E-state index is 12.6. The third-order valence-electron chi connectivity index (χ3n) is 3.58. The second-order valence-electron chi connectivity index (χ2n) is 5.19. The van der Waals surface area contributed by atoms with Crippen LogP contribution >= 0.6 is 11.8 Å². The van der Waals surface area contributed by atoms with Gasteiger partial charge >= 0.3 is 6.01 Å². The molecule has 1 aromatic carbocycles. The molecular weight excluding hydrogens is 336 g/mol. The maximum Gasteiger partial charge on any atom is 0.316 e. The predicted molar refractivity (Wildman–Crippen MR) is 85.3 cm³/mol. The molecule has 0 radical (unpaired) electrons. The zero-order chi connectivity index (χ0) is 16.9. The minimum atomic E-state index is -2.57. The Morgan fingerprint density at radius 1 is 1.25 bits per heavy atom. The minimum absolute atomic E-state index is 0.203. The summed E-state index contributed by atoms with van der Waals surface area (Å²) in [4.78, 5) is 22.5. The summed E-state index contributed by atoms with van der Waals surface area (Å²) in [5, 5.41) is 0. The lowest BCUT2D eigenvalue weighted by Gasteiger charge is -2.18. The normalized spacial score (nSPS) is 17.3. The van der Waals surface area contributed by atoms with Crippen LogP contribution in [0.15, 0.2) is 47.6 Å². The molecule has 0 unspecified atom stereocenters. The molecule has 0 spiro atoms. The molecule has 0 N–H and O–H groups in total. The molecular formula is C16H15F2N3O2S. The van der Waals surface area contributed by atoms with Crippen molar-refractivity contribution in [2.45, 2.75) is 23.2 Å². The van der Waals surface area contributed by atoms with E-state index in [1.54, 1.807) is 41.6 Å². The molecule has 1 fully saturated rings. The minimum Gasteiger partial charge on any atom is -0.458 e. The van der Waals surface area contributed by atoms with Crippen LogP contribution in [0.3, 0.4) is 0 Å². The molecule has 8 heteroatoms. The molecule has 0 saturated carbocycles. The first-order chi connectivity index (χ1) is 11.6. The van der Waals surface area contributed by atoms with E-state index in [9.17, 15) is 13.6 Å². The van der Waals surface area contributed by atoms with Crippen molar-refractivity contribution >= 4 is 17.7 Å². The van der Waals surface area contributed by atoms with Gasteiger partial charge in [-0.2, -0.15) is 8.78 Å². The molecule has 0 aliphatic carbocycles. The van der Waals surface area contributed by atoms with E-state index in [1.165, 1.54) is 6.07 Å². The van der Waals surface area contributed by atoms with E-state index >= 15 is 0 Å². The molecule has 126 valence electrons. The molecule has 1 amide bonds. The Hall–Kier alpha value is -2.22. The van der Waals surface area contributed by atoms with Crippen molar-refractivity contribution in [3.05, 3.63) is 48.3 Å². The summed E-state index contributed by atoms with van der Waals surface area (Å²) in [5.41, 5.74) is 0.291. The van der Waals surface area contributed by atoms with E-state index in [0.717, 1.165) is 0 Å². The molecule has 2 heterocycles. The molecule has 2 aromatic rings. The second-order valence-corrected chi connectivity index (χ2v) is 6.22. The van der Waals surface area contributed by atoms with Crippen LogP contribution < -0.4 is 4.74 Å². The fourth-order valence-corrected chi connectivity index (χ4v) is 3.15. The first kappa shape index (κ1) is 16.6. The number of halogens is 2. The number of hydrogen-bond acceptors (Lipinski definition) is 5. The number of alkyl halides is 2. The van der Waals surface area contributed by atoms with Gasteiger partial charge in [-0.05, 0) is 18.2 Å². The summed E-state index contributed by atoms with van der Waals surface area (Å²) in [5.74, 6) is -2.83. The highest BCUT2D eigenvalue weighted by molar-refractivity contribution is 7.99. The van der Waals surface area contributed by atoms with E-state index in [1.807, 2.05) is 0 Å². The van der Waals surface area contributed by atoms with Crippen LogP contribution in [0.2, 0.25) is 0 Å². The largest absolute Gasteiger partial charge is 0.458 e. The molecule has 1 aliphatic rings. The zero-order valence-corrected chi connectivity index (χ0v) is 13.5. The Morgan fingerprint density at radius 2 is 2.00 bits per heavy atom. The van der Waals surface area contributed by atoms with E-state index in [-0.39, 0.29) is 22.9 Å². The Labute approximate surface area is 142 Å². The SMILES string of the molecule is O=C(c1ccccc1SC(F)F)N1CC[C@H](Oc2ncccn2)C1. The lowest BCUT2D eigenvalue weighted by Crippen LogP contribution is -2.31. The quantitative estimate of drug-likeness (QED) is 0.775. The number of likely N-dealkylation sites (tertiary alicyclic amines) is 1. The predicted octanol–water partition coefficient (Wildman–Crippen LogP) is 3.08. The summed E-state index contributed by atoms with van der Waals surface area (Å²) in [7, 11) is 0. The topological polar surface area (TPSA) is 55.3 Å². The van der Waals surface area contributed by atoms with Crippen LogP contribution in [0.4, 0.5) is 8.78 Å². The molecule has 1 aliphatic heterocycles. The van der Waals surface area contributed by atoms with Crippen molar-refractivity contribution in [1.29, 1.82) is 0 Å². The number of carbonyl (C=O) groups is 1. The highest BCUT2D eigenvalue weighted by atomic mass is 32.2. The van der Waals surface area contributed by atoms with Crippen LogP contribution in [0.1, 0.15) is 16.8 Å². The van der Waals surface area contributed by atoms with Crippen LogP contribution in [-0.2, 0) is 0 Å². The average Bonchev–Trinajstić information content (AvgIpc) is 3.03. The van der Waals surface area contributed by atoms with Crippen LogP contribution in [0.5, 0.6) is 6.01 Å². The monoisotopic (exact) mass is 351 g/mol. The molecule has 1 aromatic heterocycles. The van der Waals surface area contributed by atoms with Crippen molar-refractivity contribution in [1.82, 2.24) is 14.9 Å². The van der Waals surface area contributed by atoms with Crippen LogP contribution in [0.25, 0.3) is 0 Å². The zero-order valence-electron chi connectivity index (χ0n) is 12.6. The summed E-state index contributed by atoms with van der Waals surface area (Å²) in [6.07, 6.45) is 3.61. The smallest absolute Gasteiger partial charge is 0.316 e. The van der Waals surface area contributed by atoms with Crippen molar-refractivity contribution in [2.24, 2.45) is 0 Å². The van der Waals surface area contributed by atoms with Gasteiger partial charge in [0.05, 0.1) is 12.1 Å². The standard InChI is InChI=1S/C16H15F2N3O2S/c17-15(18)24-13-5-2-1-4-12(13)14(22)21-9-6-11(10-21)23-16-19-7-3-8-20-16/h1-5,7-8,11,15H,6,9-10H2/t11-/m0/s1. The number of carbonyl (C=O) groups excluding carboxylic acids is 1. The number of thioether (sulfide) groups is 1. The van der Waals surface area contributed by atoms with Crippen LogP contribution in [0, 0.1) is 0 Å². The molecule has 1 atom stereocenters. The van der Waals surface area contributed by atoms with Gasteiger partial charge < -0.3 is 9.64 Å². The fourth-order valence-electron chi connectivity index (χ4n) is 2.52. The van der Waals surface area contributed by atoms with E-state index < -0.39 is 5.76 Å². The highest BCUT2D eigenvalue weighted by Gasteiger charge is 2.30. The molecule has 0 bridgehead atoms. The molecule has 1 saturated heterocycles. The lowest BCUT2D eigenvalue weighted by atomic mass is 10.2. The van der Waals surface area contributed by atoms with Gasteiger partial charge in [0.25, 0.3) is 11.7 Å². The fraction of sp³-hybridized carbons (Fsp3) is 0.312. The van der Waals surface area contributed by atoms with Gasteiger partial charge in [0, 0.05) is 30.3 Å². The van der Waals surface area contributed by atoms with Gasteiger partial charge in [-0.15, -0.1) is 0 Å². The van der Waals surface area contributed by atoms with Crippen molar-refractivity contribution in [3.8, 4) is 6.01 Å². The van der Waals surface area contributed by atoms with Crippen molar-refractivity contribution < 1.29 is 18.3 Å². The number of amides is 1. The maximum absolute atomic E-state index is 12.6. The summed E-state index contributed by atoms with van der Waals surface area (Å²) >= 11 is 0.384. The number of aromatic nitrogens is 2. The van der Waals surface area contributed by atoms with Gasteiger partial charge in [0.1, 0.15) is 6.10 Å². The molecule has 3 rings (SSSR count). The number of nitrogens with zero attached hydrogens (tertiary/aromatic N) is 3. The molecule has 5 nitrogen and oxygen atoms in total. The van der Waals surface area contributed by atoms with Crippen LogP contribution in [-0.4, -0.2) is 45.7 Å². The first-order valence-corrected chi connectivity index (χ1v) is 8.28. The van der Waals surface area contributed by atoms with E-state index in [4.69, 9.17) is 4.74 Å². The Bertz CT molecular complexity index is 703.